The molecule has 136 valence electrons. The first-order valence-corrected chi connectivity index (χ1v) is 8.57. The van der Waals surface area contributed by atoms with E-state index in [1.807, 2.05) is 29.9 Å². The van der Waals surface area contributed by atoms with E-state index in [1.165, 1.54) is 0 Å². The third-order valence-corrected chi connectivity index (χ3v) is 4.74. The number of ether oxygens (including phenoxy) is 1. The Kier molecular flexibility index (Phi) is 5.65. The van der Waals surface area contributed by atoms with Crippen LogP contribution in [0.1, 0.15) is 17.8 Å². The van der Waals surface area contributed by atoms with E-state index in [4.69, 9.17) is 4.74 Å². The van der Waals surface area contributed by atoms with Crippen molar-refractivity contribution in [2.45, 2.75) is 31.7 Å². The summed E-state index contributed by atoms with van der Waals surface area (Å²) >= 11 is 0. The molecular weight excluding hydrogens is 321 g/mol. The van der Waals surface area contributed by atoms with Crippen molar-refractivity contribution in [1.82, 2.24) is 24.6 Å². The summed E-state index contributed by atoms with van der Waals surface area (Å²) in [6, 6.07) is 5.97. The Hall–Kier alpha value is -1.99. The van der Waals surface area contributed by atoms with Crippen molar-refractivity contribution in [3.63, 3.8) is 0 Å². The maximum absolute atomic E-state index is 14.0. The van der Waals surface area contributed by atoms with Gasteiger partial charge < -0.3 is 4.74 Å². The number of hydrogen-bond acceptors (Lipinski definition) is 5. The molecule has 0 aromatic carbocycles. The summed E-state index contributed by atoms with van der Waals surface area (Å²) in [6.45, 7) is 2.73. The smallest absolute Gasteiger partial charge is 0.122 e. The minimum atomic E-state index is -0.762. The number of alkyl halides is 1. The zero-order chi connectivity index (χ0) is 17.8. The van der Waals surface area contributed by atoms with Crippen molar-refractivity contribution >= 4 is 0 Å². The highest BCUT2D eigenvalue weighted by Gasteiger charge is 2.33. The summed E-state index contributed by atoms with van der Waals surface area (Å²) in [5.41, 5.74) is 2.06. The Balaban J connectivity index is 1.60. The van der Waals surface area contributed by atoms with Crippen molar-refractivity contribution < 1.29 is 9.13 Å². The molecule has 0 aliphatic carbocycles. The van der Waals surface area contributed by atoms with Crippen LogP contribution in [0.15, 0.2) is 30.6 Å². The normalized spacial score (nSPS) is 21.2. The van der Waals surface area contributed by atoms with E-state index in [2.05, 4.69) is 26.9 Å². The number of methoxy groups -OCH3 is 1. The van der Waals surface area contributed by atoms with Crippen LogP contribution in [-0.2, 0) is 20.1 Å². The van der Waals surface area contributed by atoms with Gasteiger partial charge in [-0.1, -0.05) is 0 Å². The monoisotopic (exact) mass is 347 g/mol. The summed E-state index contributed by atoms with van der Waals surface area (Å²) in [4.78, 5) is 8.80. The molecule has 1 saturated heterocycles. The third-order valence-electron chi connectivity index (χ3n) is 4.74. The van der Waals surface area contributed by atoms with Crippen LogP contribution in [0.5, 0.6) is 5.75 Å². The lowest BCUT2D eigenvalue weighted by Gasteiger charge is -2.28. The van der Waals surface area contributed by atoms with Gasteiger partial charge in [-0.05, 0) is 25.6 Å². The number of pyridine rings is 1. The molecule has 0 saturated carbocycles. The molecule has 2 atom stereocenters. The van der Waals surface area contributed by atoms with Gasteiger partial charge >= 0.3 is 0 Å². The zero-order valence-corrected chi connectivity index (χ0v) is 15.1. The molecule has 2 aromatic rings. The predicted molar refractivity (Wildman–Crippen MR) is 94.0 cm³/mol. The summed E-state index contributed by atoms with van der Waals surface area (Å²) in [5.74, 6) is 0.806. The van der Waals surface area contributed by atoms with Gasteiger partial charge in [0.05, 0.1) is 18.5 Å². The van der Waals surface area contributed by atoms with Gasteiger partial charge in [0.25, 0.3) is 0 Å². The maximum atomic E-state index is 14.0. The molecule has 1 aliphatic rings. The van der Waals surface area contributed by atoms with Crippen LogP contribution in [0.3, 0.4) is 0 Å². The summed E-state index contributed by atoms with van der Waals surface area (Å²) in [6.07, 6.45) is 3.35. The molecule has 0 bridgehead atoms. The van der Waals surface area contributed by atoms with Gasteiger partial charge in [0.1, 0.15) is 11.9 Å². The topological polar surface area (TPSA) is 46.4 Å². The first kappa shape index (κ1) is 17.8. The third kappa shape index (κ3) is 4.55. The van der Waals surface area contributed by atoms with Crippen LogP contribution in [0.2, 0.25) is 0 Å². The highest BCUT2D eigenvalue weighted by Crippen LogP contribution is 2.23. The Bertz CT molecular complexity index is 692. The molecule has 25 heavy (non-hydrogen) atoms. The van der Waals surface area contributed by atoms with Crippen LogP contribution in [0, 0.1) is 0 Å². The van der Waals surface area contributed by atoms with Crippen molar-refractivity contribution in [2.24, 2.45) is 7.05 Å². The van der Waals surface area contributed by atoms with E-state index in [9.17, 15) is 4.39 Å². The van der Waals surface area contributed by atoms with Crippen molar-refractivity contribution in [2.75, 3.05) is 27.2 Å². The summed E-state index contributed by atoms with van der Waals surface area (Å²) < 4.78 is 21.1. The van der Waals surface area contributed by atoms with E-state index in [-0.39, 0.29) is 6.04 Å². The molecule has 0 spiro atoms. The Morgan fingerprint density at radius 2 is 2.20 bits per heavy atom. The number of aromatic nitrogens is 3. The summed E-state index contributed by atoms with van der Waals surface area (Å²) in [5, 5.41) is 4.20. The van der Waals surface area contributed by atoms with Crippen LogP contribution in [0.4, 0.5) is 4.39 Å². The second-order valence-corrected chi connectivity index (χ2v) is 6.75. The minimum absolute atomic E-state index is 0.195. The number of halogens is 1. The average Bonchev–Trinajstić information content (AvgIpc) is 3.13. The van der Waals surface area contributed by atoms with Gasteiger partial charge in [0.15, 0.2) is 0 Å². The van der Waals surface area contributed by atoms with Gasteiger partial charge in [0, 0.05) is 57.7 Å². The van der Waals surface area contributed by atoms with Gasteiger partial charge in [-0.15, -0.1) is 0 Å². The first-order chi connectivity index (χ1) is 12.0. The second-order valence-electron chi connectivity index (χ2n) is 6.75. The van der Waals surface area contributed by atoms with E-state index >= 15 is 0 Å². The van der Waals surface area contributed by atoms with E-state index in [1.54, 1.807) is 19.5 Å². The van der Waals surface area contributed by atoms with Crippen molar-refractivity contribution in [1.29, 1.82) is 0 Å². The Morgan fingerprint density at radius 3 is 2.92 bits per heavy atom. The van der Waals surface area contributed by atoms with Crippen LogP contribution < -0.4 is 4.74 Å². The molecule has 1 fully saturated rings. The molecule has 3 heterocycles. The lowest BCUT2D eigenvalue weighted by atomic mass is 10.2. The van der Waals surface area contributed by atoms with E-state index < -0.39 is 6.17 Å². The molecule has 2 aromatic heterocycles. The number of likely N-dealkylation sites (tertiary alicyclic amines) is 1. The molecule has 0 N–H and O–H groups in total. The summed E-state index contributed by atoms with van der Waals surface area (Å²) in [7, 11) is 5.63. The average molecular weight is 347 g/mol. The number of likely N-dealkylation sites (N-methyl/N-ethyl adjacent to an activating group) is 1. The maximum Gasteiger partial charge on any atom is 0.122 e. The quantitative estimate of drug-likeness (QED) is 0.765. The molecule has 0 amide bonds. The van der Waals surface area contributed by atoms with Gasteiger partial charge in [-0.2, -0.15) is 5.10 Å². The molecule has 0 radical (unpaired) electrons. The van der Waals surface area contributed by atoms with Crippen LogP contribution >= 0.6 is 0 Å². The van der Waals surface area contributed by atoms with Crippen LogP contribution in [0.25, 0.3) is 0 Å². The Labute approximate surface area is 148 Å². The molecule has 0 unspecified atom stereocenters. The highest BCUT2D eigenvalue weighted by molar-refractivity contribution is 5.22. The number of hydrogen-bond donors (Lipinski definition) is 0. The largest absolute Gasteiger partial charge is 0.497 e. The van der Waals surface area contributed by atoms with Gasteiger partial charge in [0.2, 0.25) is 0 Å². The first-order valence-electron chi connectivity index (χ1n) is 8.57. The van der Waals surface area contributed by atoms with Crippen LogP contribution in [-0.4, -0.2) is 64.0 Å². The second kappa shape index (κ2) is 7.93. The minimum Gasteiger partial charge on any atom is -0.497 e. The van der Waals surface area contributed by atoms with E-state index in [0.717, 1.165) is 30.2 Å². The lowest BCUT2D eigenvalue weighted by Crippen LogP contribution is -2.38. The Morgan fingerprint density at radius 1 is 1.36 bits per heavy atom. The number of nitrogens with zero attached hydrogens (tertiary/aromatic N) is 5. The van der Waals surface area contributed by atoms with Crippen molar-refractivity contribution in [3.05, 3.63) is 42.0 Å². The molecule has 1 aliphatic heterocycles. The predicted octanol–water partition coefficient (Wildman–Crippen LogP) is 1.87. The number of rotatable bonds is 7. The highest BCUT2D eigenvalue weighted by atomic mass is 19.1. The van der Waals surface area contributed by atoms with Crippen molar-refractivity contribution in [3.8, 4) is 5.75 Å². The zero-order valence-electron chi connectivity index (χ0n) is 15.1. The molecule has 7 heteroatoms. The fourth-order valence-corrected chi connectivity index (χ4v) is 3.44. The fraction of sp³-hybridized carbons (Fsp3) is 0.556. The molecular formula is C18H26FN5O. The fourth-order valence-electron chi connectivity index (χ4n) is 3.44. The standard InChI is InChI=1S/C18H26FN5O/c1-22(11-15-9-18(25-3)5-6-20-15)12-17-8-14(19)10-24(17)13-16-4-7-21-23(16)2/h4-7,9,14,17H,8,10-13H2,1-3H3/t14-,17-/m0/s1. The van der Waals surface area contributed by atoms with E-state index in [0.29, 0.717) is 19.5 Å². The number of aryl methyl sites for hydroxylation is 1. The van der Waals surface area contributed by atoms with Gasteiger partial charge in [-0.3, -0.25) is 19.5 Å². The molecule has 3 rings (SSSR count). The van der Waals surface area contributed by atoms with Gasteiger partial charge in [-0.25, -0.2) is 4.39 Å². The SMILES string of the molecule is COc1ccnc(CN(C)C[C@@H]2C[C@H](F)CN2Cc2ccnn2C)c1. The molecule has 6 nitrogen and oxygen atoms in total. The lowest BCUT2D eigenvalue weighted by molar-refractivity contribution is 0.176.